The SMILES string of the molecule is CSC.N=C(/C=C\c1ncc(-c2cc(N3CCCC(N)C3C(F)F)ncn2)[nH]1)C(F)F. The molecule has 1 aliphatic rings. The quantitative estimate of drug-likeness (QED) is 0.449. The number of allylic oxidation sites excluding steroid dienone is 1. The highest BCUT2D eigenvalue weighted by Gasteiger charge is 2.36. The fourth-order valence-corrected chi connectivity index (χ4v) is 3.08. The molecule has 31 heavy (non-hydrogen) atoms. The molecule has 2 atom stereocenters. The Hall–Kier alpha value is -2.47. The fourth-order valence-electron chi connectivity index (χ4n) is 3.08. The van der Waals surface area contributed by atoms with Gasteiger partial charge in [0, 0.05) is 18.7 Å². The van der Waals surface area contributed by atoms with Crippen molar-refractivity contribution < 1.29 is 17.6 Å². The lowest BCUT2D eigenvalue weighted by molar-refractivity contribution is 0.0903. The molecule has 2 aromatic rings. The van der Waals surface area contributed by atoms with Gasteiger partial charge >= 0.3 is 0 Å². The number of anilines is 1. The van der Waals surface area contributed by atoms with Gasteiger partial charge in [0.1, 0.15) is 24.0 Å². The number of alkyl halides is 4. The van der Waals surface area contributed by atoms with Crippen molar-refractivity contribution >= 4 is 29.4 Å². The number of thioether (sulfide) groups is 1. The number of piperidine rings is 1. The van der Waals surface area contributed by atoms with Crippen molar-refractivity contribution in [2.45, 2.75) is 37.8 Å². The second kappa shape index (κ2) is 11.8. The van der Waals surface area contributed by atoms with Crippen LogP contribution in [-0.4, -0.2) is 69.6 Å². The summed E-state index contributed by atoms with van der Waals surface area (Å²) in [4.78, 5) is 16.6. The van der Waals surface area contributed by atoms with Gasteiger partial charge in [-0.05, 0) is 37.5 Å². The number of aromatic nitrogens is 4. The smallest absolute Gasteiger partial charge is 0.279 e. The Kier molecular flexibility index (Phi) is 9.44. The third-order valence-corrected chi connectivity index (χ3v) is 4.47. The van der Waals surface area contributed by atoms with Gasteiger partial charge in [-0.25, -0.2) is 32.5 Å². The first kappa shape index (κ1) is 24.8. The van der Waals surface area contributed by atoms with E-state index in [9.17, 15) is 17.6 Å². The summed E-state index contributed by atoms with van der Waals surface area (Å²) in [6.07, 6.45) is 4.70. The number of halogens is 4. The highest BCUT2D eigenvalue weighted by Crippen LogP contribution is 2.28. The zero-order valence-corrected chi connectivity index (χ0v) is 17.9. The van der Waals surface area contributed by atoms with Crippen LogP contribution in [0.15, 0.2) is 24.7 Å². The Morgan fingerprint density at radius 2 is 2.00 bits per heavy atom. The van der Waals surface area contributed by atoms with Crippen molar-refractivity contribution in [1.82, 2.24) is 19.9 Å². The summed E-state index contributed by atoms with van der Waals surface area (Å²) in [6, 6.07) is -0.228. The minimum Gasteiger partial charge on any atom is -0.346 e. The third kappa shape index (κ3) is 6.76. The van der Waals surface area contributed by atoms with E-state index in [0.717, 1.165) is 6.08 Å². The van der Waals surface area contributed by atoms with Gasteiger partial charge in [0.15, 0.2) is 0 Å². The molecule has 4 N–H and O–H groups in total. The van der Waals surface area contributed by atoms with Crippen LogP contribution < -0.4 is 10.6 Å². The van der Waals surface area contributed by atoms with Crippen LogP contribution in [0.1, 0.15) is 18.7 Å². The van der Waals surface area contributed by atoms with E-state index in [1.54, 1.807) is 17.8 Å². The molecule has 0 aliphatic carbocycles. The predicted molar refractivity (Wildman–Crippen MR) is 116 cm³/mol. The zero-order valence-electron chi connectivity index (χ0n) is 17.1. The van der Waals surface area contributed by atoms with E-state index in [1.807, 2.05) is 12.5 Å². The standard InChI is InChI=1S/C17H19F4N7.C2H6S/c18-16(19)10(23)3-4-13-24-7-12(27-13)11-6-14(26-8-25-11)28-5-1-2-9(22)15(28)17(20)21;1-3-2/h3-4,6-9,15-17,23H,1-2,5,22H2,(H,24,27);1-2H3/b4-3-,23-10?;. The molecule has 0 amide bonds. The second-order valence-electron chi connectivity index (χ2n) is 6.77. The lowest BCUT2D eigenvalue weighted by Gasteiger charge is -2.39. The molecular weight excluding hydrogens is 434 g/mol. The number of hydrogen-bond donors (Lipinski definition) is 3. The number of nitrogens with two attached hydrogens (primary N) is 1. The average Bonchev–Trinajstić information content (AvgIpc) is 3.21. The summed E-state index contributed by atoms with van der Waals surface area (Å²) in [5.41, 5.74) is 5.92. The first-order chi connectivity index (χ1) is 14.8. The highest BCUT2D eigenvalue weighted by molar-refractivity contribution is 7.97. The van der Waals surface area contributed by atoms with Crippen molar-refractivity contribution in [1.29, 1.82) is 5.41 Å². The fraction of sp³-hybridized carbons (Fsp3) is 0.474. The molecule has 0 saturated carbocycles. The van der Waals surface area contributed by atoms with Gasteiger partial charge in [-0.15, -0.1) is 0 Å². The van der Waals surface area contributed by atoms with Crippen LogP contribution in [0.3, 0.4) is 0 Å². The molecule has 0 bridgehead atoms. The molecule has 1 saturated heterocycles. The molecule has 3 heterocycles. The number of nitrogens with one attached hydrogen (secondary N) is 2. The zero-order chi connectivity index (χ0) is 23.0. The predicted octanol–water partition coefficient (Wildman–Crippen LogP) is 3.71. The number of aromatic amines is 1. The molecule has 170 valence electrons. The van der Waals surface area contributed by atoms with Crippen LogP contribution in [0, 0.1) is 5.41 Å². The van der Waals surface area contributed by atoms with Crippen LogP contribution >= 0.6 is 11.8 Å². The Labute approximate surface area is 182 Å². The largest absolute Gasteiger partial charge is 0.346 e. The molecule has 0 radical (unpaired) electrons. The van der Waals surface area contributed by atoms with Crippen LogP contribution in [0.5, 0.6) is 0 Å². The maximum atomic E-state index is 13.5. The van der Waals surface area contributed by atoms with E-state index in [0.29, 0.717) is 36.6 Å². The van der Waals surface area contributed by atoms with Gasteiger partial charge in [-0.3, -0.25) is 5.41 Å². The molecule has 3 rings (SSSR count). The molecule has 0 aromatic carbocycles. The lowest BCUT2D eigenvalue weighted by Crippen LogP contribution is -2.56. The first-order valence-electron chi connectivity index (χ1n) is 9.41. The number of imidazole rings is 1. The molecule has 12 heteroatoms. The number of hydrogen-bond acceptors (Lipinski definition) is 7. The molecule has 2 unspecified atom stereocenters. The highest BCUT2D eigenvalue weighted by atomic mass is 32.2. The van der Waals surface area contributed by atoms with Crippen molar-refractivity contribution in [3.63, 3.8) is 0 Å². The molecule has 1 aliphatic heterocycles. The van der Waals surface area contributed by atoms with Crippen molar-refractivity contribution in [3.05, 3.63) is 30.5 Å². The summed E-state index contributed by atoms with van der Waals surface area (Å²) in [5, 5.41) is 7.10. The minimum absolute atomic E-state index is 0.256. The summed E-state index contributed by atoms with van der Waals surface area (Å²) >= 11 is 1.75. The van der Waals surface area contributed by atoms with Crippen LogP contribution in [-0.2, 0) is 0 Å². The van der Waals surface area contributed by atoms with E-state index < -0.39 is 30.6 Å². The Morgan fingerprint density at radius 1 is 1.29 bits per heavy atom. The summed E-state index contributed by atoms with van der Waals surface area (Å²) in [6.45, 7) is 0.409. The Balaban J connectivity index is 0.00000107. The van der Waals surface area contributed by atoms with Crippen molar-refractivity contribution in [2.24, 2.45) is 5.73 Å². The van der Waals surface area contributed by atoms with Crippen LogP contribution in [0.2, 0.25) is 0 Å². The van der Waals surface area contributed by atoms with Crippen molar-refractivity contribution in [2.75, 3.05) is 24.0 Å². The van der Waals surface area contributed by atoms with Gasteiger partial charge in [-0.1, -0.05) is 0 Å². The van der Waals surface area contributed by atoms with E-state index in [4.69, 9.17) is 11.1 Å². The van der Waals surface area contributed by atoms with Crippen molar-refractivity contribution in [3.8, 4) is 11.4 Å². The molecular formula is C19H25F4N7S. The van der Waals surface area contributed by atoms with E-state index in [2.05, 4.69) is 19.9 Å². The number of nitrogens with zero attached hydrogens (tertiary/aromatic N) is 4. The maximum absolute atomic E-state index is 13.5. The van der Waals surface area contributed by atoms with E-state index >= 15 is 0 Å². The molecule has 2 aromatic heterocycles. The van der Waals surface area contributed by atoms with Crippen LogP contribution in [0.25, 0.3) is 17.5 Å². The van der Waals surface area contributed by atoms with Crippen LogP contribution in [0.4, 0.5) is 23.4 Å². The number of H-pyrrole nitrogens is 1. The van der Waals surface area contributed by atoms with Gasteiger partial charge in [0.05, 0.1) is 23.3 Å². The van der Waals surface area contributed by atoms with Gasteiger partial charge in [0.25, 0.3) is 12.9 Å². The Bertz CT molecular complexity index is 874. The molecule has 7 nitrogen and oxygen atoms in total. The molecule has 0 spiro atoms. The Morgan fingerprint density at radius 3 is 2.65 bits per heavy atom. The van der Waals surface area contributed by atoms with Gasteiger partial charge < -0.3 is 15.6 Å². The second-order valence-corrected chi connectivity index (χ2v) is 7.58. The minimum atomic E-state index is -2.87. The van der Waals surface area contributed by atoms with E-state index in [1.165, 1.54) is 23.5 Å². The summed E-state index contributed by atoms with van der Waals surface area (Å²) < 4.78 is 51.7. The maximum Gasteiger partial charge on any atom is 0.279 e. The summed E-state index contributed by atoms with van der Waals surface area (Å²) in [7, 11) is 0. The number of rotatable bonds is 6. The summed E-state index contributed by atoms with van der Waals surface area (Å²) in [5.74, 6) is 0.586. The monoisotopic (exact) mass is 459 g/mol. The van der Waals surface area contributed by atoms with Gasteiger partial charge in [-0.2, -0.15) is 11.8 Å². The topological polar surface area (TPSA) is 108 Å². The average molecular weight is 460 g/mol. The first-order valence-corrected chi connectivity index (χ1v) is 11.0. The van der Waals surface area contributed by atoms with Gasteiger partial charge in [0.2, 0.25) is 0 Å². The normalized spacial score (nSPS) is 19.1. The van der Waals surface area contributed by atoms with E-state index in [-0.39, 0.29) is 5.82 Å². The molecule has 1 fully saturated rings. The lowest BCUT2D eigenvalue weighted by atomic mass is 9.97. The third-order valence-electron chi connectivity index (χ3n) is 4.47.